The number of aromatic amines is 1. The van der Waals surface area contributed by atoms with E-state index in [1.165, 1.54) is 19.4 Å². The van der Waals surface area contributed by atoms with Crippen LogP contribution in [0, 0.1) is 5.92 Å². The van der Waals surface area contributed by atoms with Crippen LogP contribution in [0.2, 0.25) is 0 Å². The Morgan fingerprint density at radius 2 is 1.62 bits per heavy atom. The zero-order valence-corrected chi connectivity index (χ0v) is 19.3. The molecule has 0 aliphatic carbocycles. The number of hydrogen-bond donors (Lipinski definition) is 8. The average molecular weight is 484 g/mol. The van der Waals surface area contributed by atoms with Crippen molar-refractivity contribution in [1.82, 2.24) is 25.9 Å². The smallest absolute Gasteiger partial charge is 0.328 e. The average Bonchev–Trinajstić information content (AvgIpc) is 3.25. The molecule has 1 aromatic rings. The van der Waals surface area contributed by atoms with Gasteiger partial charge in [-0.1, -0.05) is 13.8 Å². The summed E-state index contributed by atoms with van der Waals surface area (Å²) in [5.41, 5.74) is 11.5. The van der Waals surface area contributed by atoms with Crippen LogP contribution in [-0.4, -0.2) is 80.1 Å². The van der Waals surface area contributed by atoms with Gasteiger partial charge < -0.3 is 42.6 Å². The Morgan fingerprint density at radius 1 is 1.03 bits per heavy atom. The van der Waals surface area contributed by atoms with Crippen LogP contribution in [0.25, 0.3) is 0 Å². The molecule has 34 heavy (non-hydrogen) atoms. The zero-order valence-electron chi connectivity index (χ0n) is 19.3. The zero-order chi connectivity index (χ0) is 26.0. The molecular weight excluding hydrogens is 450 g/mol. The van der Waals surface area contributed by atoms with Gasteiger partial charge >= 0.3 is 5.97 Å². The lowest BCUT2D eigenvalue weighted by Crippen LogP contribution is -2.59. The molecule has 5 unspecified atom stereocenters. The Morgan fingerprint density at radius 3 is 2.09 bits per heavy atom. The van der Waals surface area contributed by atoms with E-state index < -0.39 is 59.9 Å². The summed E-state index contributed by atoms with van der Waals surface area (Å²) in [6.07, 6.45) is 0.857. The van der Waals surface area contributed by atoms with E-state index >= 15 is 0 Å². The summed E-state index contributed by atoms with van der Waals surface area (Å²) in [5.74, 6) is -4.77. The van der Waals surface area contributed by atoms with Gasteiger partial charge in [0.25, 0.3) is 0 Å². The minimum Gasteiger partial charge on any atom is -0.480 e. The molecule has 14 heteroatoms. The van der Waals surface area contributed by atoms with Crippen molar-refractivity contribution in [2.45, 2.75) is 70.3 Å². The molecular formula is C20H33N7O7. The number of aromatic nitrogens is 2. The van der Waals surface area contributed by atoms with E-state index in [-0.39, 0.29) is 25.2 Å². The number of aliphatic hydroxyl groups excluding tert-OH is 1. The first kappa shape index (κ1) is 28.5. The molecule has 0 radical (unpaired) electrons. The predicted octanol–water partition coefficient (Wildman–Crippen LogP) is -2.88. The van der Waals surface area contributed by atoms with Crippen LogP contribution in [0.3, 0.4) is 0 Å². The van der Waals surface area contributed by atoms with E-state index in [0.717, 1.165) is 0 Å². The number of rotatable bonds is 14. The lowest BCUT2D eigenvalue weighted by Gasteiger charge is -2.26. The molecule has 14 nitrogen and oxygen atoms in total. The second-order valence-electron chi connectivity index (χ2n) is 8.24. The highest BCUT2D eigenvalue weighted by atomic mass is 16.4. The largest absolute Gasteiger partial charge is 0.480 e. The van der Waals surface area contributed by atoms with Gasteiger partial charge in [0.2, 0.25) is 23.6 Å². The molecule has 0 fully saturated rings. The van der Waals surface area contributed by atoms with E-state index in [1.54, 1.807) is 13.8 Å². The van der Waals surface area contributed by atoms with Gasteiger partial charge in [0.15, 0.2) is 6.04 Å². The molecule has 1 aromatic heterocycles. The number of carboxylic acids is 1. The van der Waals surface area contributed by atoms with E-state index in [9.17, 15) is 34.2 Å². The van der Waals surface area contributed by atoms with Crippen molar-refractivity contribution < 1.29 is 34.2 Å². The number of carbonyl (C=O) groups excluding carboxylic acids is 4. The van der Waals surface area contributed by atoms with Crippen molar-refractivity contribution in [3.8, 4) is 0 Å². The van der Waals surface area contributed by atoms with Crippen LogP contribution >= 0.6 is 0 Å². The fraction of sp³-hybridized carbons (Fsp3) is 0.600. The summed E-state index contributed by atoms with van der Waals surface area (Å²) < 4.78 is 0. The number of nitrogens with two attached hydrogens (primary N) is 2. The summed E-state index contributed by atoms with van der Waals surface area (Å²) in [6, 6.07) is -5.09. The Balaban J connectivity index is 3.09. The second-order valence-corrected chi connectivity index (χ2v) is 8.24. The molecule has 0 aliphatic rings. The van der Waals surface area contributed by atoms with Gasteiger partial charge in [-0.15, -0.1) is 0 Å². The van der Waals surface area contributed by atoms with E-state index in [2.05, 4.69) is 25.9 Å². The lowest BCUT2D eigenvalue weighted by atomic mass is 10.0. The normalized spacial score (nSPS) is 15.5. The molecule has 0 aliphatic heterocycles. The summed E-state index contributed by atoms with van der Waals surface area (Å²) in [4.78, 5) is 67.4. The van der Waals surface area contributed by atoms with E-state index in [1.807, 2.05) is 0 Å². The van der Waals surface area contributed by atoms with Crippen molar-refractivity contribution in [2.75, 3.05) is 0 Å². The van der Waals surface area contributed by atoms with E-state index in [0.29, 0.717) is 5.69 Å². The number of carbonyl (C=O) groups is 5. The van der Waals surface area contributed by atoms with Crippen molar-refractivity contribution >= 4 is 29.6 Å². The molecule has 1 heterocycles. The number of carboxylic acid groups (broad SMARTS) is 1. The lowest BCUT2D eigenvalue weighted by molar-refractivity contribution is -0.145. The third-order valence-electron chi connectivity index (χ3n) is 4.99. The fourth-order valence-electron chi connectivity index (χ4n) is 2.87. The molecule has 0 spiro atoms. The van der Waals surface area contributed by atoms with Gasteiger partial charge in [-0.25, -0.2) is 9.78 Å². The van der Waals surface area contributed by atoms with Crippen molar-refractivity contribution in [3.63, 3.8) is 0 Å². The third kappa shape index (κ3) is 9.15. The summed E-state index contributed by atoms with van der Waals surface area (Å²) >= 11 is 0. The maximum Gasteiger partial charge on any atom is 0.328 e. The number of nitrogens with zero attached hydrogens (tertiary/aromatic N) is 1. The highest BCUT2D eigenvalue weighted by Crippen LogP contribution is 2.06. The van der Waals surface area contributed by atoms with Crippen LogP contribution < -0.4 is 27.4 Å². The van der Waals surface area contributed by atoms with E-state index in [4.69, 9.17) is 11.5 Å². The Labute approximate surface area is 196 Å². The van der Waals surface area contributed by atoms with Crippen LogP contribution in [-0.2, 0) is 30.4 Å². The number of hydrogen-bond acceptors (Lipinski definition) is 8. The van der Waals surface area contributed by atoms with Gasteiger partial charge in [0, 0.05) is 24.7 Å². The van der Waals surface area contributed by atoms with Gasteiger partial charge in [0.1, 0.15) is 12.1 Å². The van der Waals surface area contributed by atoms with Gasteiger partial charge in [-0.3, -0.25) is 19.2 Å². The standard InChI is InChI=1S/C20H33N7O7/c1-9(2)15(22)19(32)26-13(6-11-7-23-8-24-11)18(31)25-12(4-5-14(21)29)17(30)27-16(10(3)28)20(33)34/h7-10,12-13,15-16,28H,4-6,22H2,1-3H3,(H2,21,29)(H,23,24)(H,25,31)(H,26,32)(H,27,30)(H,33,34). The van der Waals surface area contributed by atoms with Crippen LogP contribution in [0.5, 0.6) is 0 Å². The highest BCUT2D eigenvalue weighted by Gasteiger charge is 2.32. The Hall–Kier alpha value is -3.52. The summed E-state index contributed by atoms with van der Waals surface area (Å²) in [6.45, 7) is 4.64. The van der Waals surface area contributed by atoms with Gasteiger partial charge in [-0.05, 0) is 19.3 Å². The third-order valence-corrected chi connectivity index (χ3v) is 4.99. The van der Waals surface area contributed by atoms with Crippen LogP contribution in [0.15, 0.2) is 12.5 Å². The molecule has 0 aromatic carbocycles. The first-order valence-electron chi connectivity index (χ1n) is 10.7. The van der Waals surface area contributed by atoms with Gasteiger partial charge in [0.05, 0.1) is 18.5 Å². The van der Waals surface area contributed by atoms with Crippen LogP contribution in [0.4, 0.5) is 0 Å². The number of amides is 4. The van der Waals surface area contributed by atoms with Crippen molar-refractivity contribution in [2.24, 2.45) is 17.4 Å². The van der Waals surface area contributed by atoms with Crippen molar-refractivity contribution in [3.05, 3.63) is 18.2 Å². The minimum atomic E-state index is -1.65. The molecule has 0 saturated heterocycles. The highest BCUT2D eigenvalue weighted by molar-refractivity contribution is 5.94. The van der Waals surface area contributed by atoms with Gasteiger partial charge in [-0.2, -0.15) is 0 Å². The Bertz CT molecular complexity index is 857. The second kappa shape index (κ2) is 13.3. The molecule has 0 bridgehead atoms. The monoisotopic (exact) mass is 483 g/mol. The fourth-order valence-corrected chi connectivity index (χ4v) is 2.87. The number of nitrogens with one attached hydrogen (secondary N) is 4. The maximum absolute atomic E-state index is 13.0. The summed E-state index contributed by atoms with van der Waals surface area (Å²) in [5, 5.41) is 25.9. The quantitative estimate of drug-likeness (QED) is 0.135. The van der Waals surface area contributed by atoms with Crippen molar-refractivity contribution in [1.29, 1.82) is 0 Å². The molecule has 190 valence electrons. The predicted molar refractivity (Wildman–Crippen MR) is 119 cm³/mol. The topological polar surface area (TPSA) is 243 Å². The number of primary amides is 1. The molecule has 5 atom stereocenters. The first-order chi connectivity index (χ1) is 15.8. The summed E-state index contributed by atoms with van der Waals surface area (Å²) in [7, 11) is 0. The number of imidazole rings is 1. The minimum absolute atomic E-state index is 0.0159. The van der Waals surface area contributed by atoms with Crippen LogP contribution in [0.1, 0.15) is 39.3 Å². The number of aliphatic hydroxyl groups is 1. The molecule has 1 rings (SSSR count). The maximum atomic E-state index is 13.0. The number of aliphatic carboxylic acids is 1. The molecule has 10 N–H and O–H groups in total. The first-order valence-corrected chi connectivity index (χ1v) is 10.7. The number of H-pyrrole nitrogens is 1. The molecule has 0 saturated carbocycles. The Kier molecular flexibility index (Phi) is 11.1. The SMILES string of the molecule is CC(C)C(N)C(=O)NC(Cc1cnc[nH]1)C(=O)NC(CCC(N)=O)C(=O)NC(C(=O)O)C(C)O. The molecule has 4 amide bonds.